The predicted octanol–water partition coefficient (Wildman–Crippen LogP) is 2.49. The molecule has 71 valence electrons. The Morgan fingerprint density at radius 3 is 2.79 bits per heavy atom. The zero-order chi connectivity index (χ0) is 9.80. The van der Waals surface area contributed by atoms with Gasteiger partial charge in [0, 0.05) is 12.3 Å². The number of rotatable bonds is 3. The number of aromatic nitrogens is 2. The minimum absolute atomic E-state index is 0.392. The first-order valence-corrected chi connectivity index (χ1v) is 4.80. The van der Waals surface area contributed by atoms with Crippen LogP contribution in [0.15, 0.2) is 42.7 Å². The molecule has 0 N–H and O–H groups in total. The van der Waals surface area contributed by atoms with Crippen molar-refractivity contribution in [1.82, 2.24) is 9.78 Å². The van der Waals surface area contributed by atoms with Crippen LogP contribution in [0.2, 0.25) is 0 Å². The third-order valence-electron chi connectivity index (χ3n) is 2.30. The van der Waals surface area contributed by atoms with E-state index < -0.39 is 0 Å². The van der Waals surface area contributed by atoms with Crippen LogP contribution in [0.4, 0.5) is 0 Å². The monoisotopic (exact) mass is 185 g/mol. The van der Waals surface area contributed by atoms with E-state index in [4.69, 9.17) is 0 Å². The Hall–Kier alpha value is -1.57. The molecule has 2 aromatic rings. The van der Waals surface area contributed by atoms with Crippen LogP contribution < -0.4 is 0 Å². The highest BCUT2D eigenvalue weighted by Gasteiger charge is 2.04. The molecule has 0 aliphatic heterocycles. The summed E-state index contributed by atoms with van der Waals surface area (Å²) in [6.07, 6.45) is 4.59. The van der Waals surface area contributed by atoms with Gasteiger partial charge in [-0.25, -0.2) is 0 Å². The largest absolute Gasteiger partial charge is 0.269 e. The highest BCUT2D eigenvalue weighted by atomic mass is 15.3. The predicted molar refractivity (Wildman–Crippen MR) is 55.9 cm³/mol. The van der Waals surface area contributed by atoms with Crippen molar-refractivity contribution < 1.29 is 0 Å². The zero-order valence-electron chi connectivity index (χ0n) is 8.22. The van der Waals surface area contributed by atoms with E-state index in [-0.39, 0.29) is 0 Å². The Balaban J connectivity index is 2.06. The molecule has 1 radical (unpaired) electrons. The molecule has 2 rings (SSSR count). The Morgan fingerprint density at radius 2 is 2.14 bits per heavy atom. The Bertz CT molecular complexity index is 364. The van der Waals surface area contributed by atoms with Crippen LogP contribution in [0.1, 0.15) is 18.5 Å². The van der Waals surface area contributed by atoms with Gasteiger partial charge in [0.15, 0.2) is 0 Å². The van der Waals surface area contributed by atoms with Gasteiger partial charge in [0.05, 0.1) is 12.2 Å². The minimum atomic E-state index is 0.392. The van der Waals surface area contributed by atoms with Crippen LogP contribution in [-0.4, -0.2) is 9.78 Å². The van der Waals surface area contributed by atoms with E-state index in [1.54, 1.807) is 6.20 Å². The zero-order valence-corrected chi connectivity index (χ0v) is 8.22. The van der Waals surface area contributed by atoms with Gasteiger partial charge in [-0.2, -0.15) is 5.10 Å². The molecule has 1 atom stereocenters. The standard InChI is InChI=1S/C12H13N2/c1-11(14-9-5-8-13-14)10-12-6-3-2-4-7-12/h2-4,6-9,11H,10H2,1H3. The smallest absolute Gasteiger partial charge is 0.0569 e. The van der Waals surface area contributed by atoms with Gasteiger partial charge >= 0.3 is 0 Å². The maximum Gasteiger partial charge on any atom is 0.0569 e. The van der Waals surface area contributed by atoms with Gasteiger partial charge in [-0.15, -0.1) is 0 Å². The molecule has 0 saturated heterocycles. The highest BCUT2D eigenvalue weighted by Crippen LogP contribution is 2.11. The van der Waals surface area contributed by atoms with E-state index in [0.29, 0.717) is 6.04 Å². The minimum Gasteiger partial charge on any atom is -0.269 e. The van der Waals surface area contributed by atoms with Crippen LogP contribution >= 0.6 is 0 Å². The van der Waals surface area contributed by atoms with Gasteiger partial charge in [0.25, 0.3) is 0 Å². The molecular formula is C12H13N2. The lowest BCUT2D eigenvalue weighted by Crippen LogP contribution is -2.08. The Morgan fingerprint density at radius 1 is 1.36 bits per heavy atom. The van der Waals surface area contributed by atoms with Gasteiger partial charge in [-0.1, -0.05) is 30.3 Å². The lowest BCUT2D eigenvalue weighted by Gasteiger charge is -2.11. The van der Waals surface area contributed by atoms with Gasteiger partial charge in [-0.3, -0.25) is 4.68 Å². The first-order chi connectivity index (χ1) is 6.86. The fraction of sp³-hybridized carbons (Fsp3) is 0.250. The second-order valence-corrected chi connectivity index (χ2v) is 3.46. The van der Waals surface area contributed by atoms with Crippen LogP contribution in [-0.2, 0) is 6.42 Å². The first-order valence-electron chi connectivity index (χ1n) is 4.80. The first kappa shape index (κ1) is 9.00. The third kappa shape index (κ3) is 2.02. The molecule has 1 heterocycles. The maximum absolute atomic E-state index is 4.17. The van der Waals surface area contributed by atoms with E-state index in [1.807, 2.05) is 16.9 Å². The number of hydrogen-bond acceptors (Lipinski definition) is 1. The summed E-state index contributed by atoms with van der Waals surface area (Å²) in [5.74, 6) is 0. The van der Waals surface area contributed by atoms with Crippen molar-refractivity contribution in [1.29, 1.82) is 0 Å². The molecule has 0 fully saturated rings. The molecule has 1 aromatic heterocycles. The topological polar surface area (TPSA) is 17.8 Å². The quantitative estimate of drug-likeness (QED) is 0.718. The summed E-state index contributed by atoms with van der Waals surface area (Å²) in [6.45, 7) is 2.16. The van der Waals surface area contributed by atoms with Gasteiger partial charge in [0.1, 0.15) is 0 Å². The van der Waals surface area contributed by atoms with Gasteiger partial charge < -0.3 is 0 Å². The Kier molecular flexibility index (Phi) is 2.63. The summed E-state index contributed by atoms with van der Waals surface area (Å²) >= 11 is 0. The summed E-state index contributed by atoms with van der Waals surface area (Å²) in [5, 5.41) is 4.17. The van der Waals surface area contributed by atoms with Crippen molar-refractivity contribution in [2.24, 2.45) is 0 Å². The average molecular weight is 185 g/mol. The van der Waals surface area contributed by atoms with Crippen molar-refractivity contribution in [2.45, 2.75) is 19.4 Å². The summed E-state index contributed by atoms with van der Waals surface area (Å²) < 4.78 is 1.94. The third-order valence-corrected chi connectivity index (χ3v) is 2.30. The van der Waals surface area contributed by atoms with Crippen LogP contribution in [0.5, 0.6) is 0 Å². The molecule has 2 nitrogen and oxygen atoms in total. The molecule has 1 aromatic carbocycles. The van der Waals surface area contributed by atoms with Gasteiger partial charge in [-0.05, 0) is 18.9 Å². The second-order valence-electron chi connectivity index (χ2n) is 3.46. The molecule has 0 aliphatic carbocycles. The average Bonchev–Trinajstić information content (AvgIpc) is 2.72. The maximum atomic E-state index is 4.17. The highest BCUT2D eigenvalue weighted by molar-refractivity contribution is 5.15. The van der Waals surface area contributed by atoms with Crippen molar-refractivity contribution in [3.05, 3.63) is 54.4 Å². The van der Waals surface area contributed by atoms with Crippen molar-refractivity contribution in [3.63, 3.8) is 0 Å². The van der Waals surface area contributed by atoms with Gasteiger partial charge in [0.2, 0.25) is 0 Å². The summed E-state index contributed by atoms with van der Waals surface area (Å²) in [5.41, 5.74) is 1.34. The molecule has 14 heavy (non-hydrogen) atoms. The summed E-state index contributed by atoms with van der Waals surface area (Å²) in [4.78, 5) is 0. The molecule has 0 spiro atoms. The lowest BCUT2D eigenvalue weighted by atomic mass is 10.1. The molecule has 2 heteroatoms. The second kappa shape index (κ2) is 4.09. The van der Waals surface area contributed by atoms with E-state index in [9.17, 15) is 0 Å². The van der Waals surface area contributed by atoms with Crippen molar-refractivity contribution in [3.8, 4) is 0 Å². The molecule has 0 bridgehead atoms. The van der Waals surface area contributed by atoms with Crippen LogP contribution in [0.3, 0.4) is 0 Å². The van der Waals surface area contributed by atoms with Crippen molar-refractivity contribution >= 4 is 0 Å². The fourth-order valence-corrected chi connectivity index (χ4v) is 1.53. The molecule has 0 aliphatic rings. The Labute approximate surface area is 84.2 Å². The molecule has 0 amide bonds. The van der Waals surface area contributed by atoms with Crippen LogP contribution in [0.25, 0.3) is 0 Å². The normalized spacial score (nSPS) is 12.6. The lowest BCUT2D eigenvalue weighted by molar-refractivity contribution is 0.489. The van der Waals surface area contributed by atoms with E-state index in [0.717, 1.165) is 6.42 Å². The molecule has 1 unspecified atom stereocenters. The number of benzene rings is 1. The summed E-state index contributed by atoms with van der Waals surface area (Å²) in [6, 6.07) is 13.8. The van der Waals surface area contributed by atoms with Crippen molar-refractivity contribution in [2.75, 3.05) is 0 Å². The van der Waals surface area contributed by atoms with Crippen LogP contribution in [0, 0.1) is 6.07 Å². The van der Waals surface area contributed by atoms with E-state index in [1.165, 1.54) is 5.56 Å². The SMILES string of the molecule is CC(Cc1ccccc1)n1c[c]cn1. The molecule has 0 saturated carbocycles. The molecular weight excluding hydrogens is 172 g/mol. The number of nitrogens with zero attached hydrogens (tertiary/aromatic N) is 2. The van der Waals surface area contributed by atoms with E-state index >= 15 is 0 Å². The number of hydrogen-bond donors (Lipinski definition) is 0. The van der Waals surface area contributed by atoms with E-state index in [2.05, 4.69) is 42.4 Å². The fourth-order valence-electron chi connectivity index (χ4n) is 1.53. The summed E-state index contributed by atoms with van der Waals surface area (Å²) in [7, 11) is 0.